The Morgan fingerprint density at radius 3 is 2.52 bits per heavy atom. The van der Waals surface area contributed by atoms with Crippen molar-refractivity contribution in [2.24, 2.45) is 0 Å². The average Bonchev–Trinajstić information content (AvgIpc) is 2.49. The molecule has 0 unspecified atom stereocenters. The lowest BCUT2D eigenvalue weighted by Gasteiger charge is -2.26. The van der Waals surface area contributed by atoms with Crippen LogP contribution in [0.2, 0.25) is 0 Å². The van der Waals surface area contributed by atoms with Crippen LogP contribution in [0.4, 0.5) is 5.69 Å². The van der Waals surface area contributed by atoms with E-state index in [1.165, 1.54) is 4.90 Å². The third-order valence-corrected chi connectivity index (χ3v) is 4.24. The quantitative estimate of drug-likeness (QED) is 0.778. The van der Waals surface area contributed by atoms with Crippen molar-refractivity contribution in [1.82, 2.24) is 10.3 Å². The van der Waals surface area contributed by atoms with Crippen LogP contribution in [0, 0.1) is 0 Å². The largest absolute Gasteiger partial charge is 0.324 e. The van der Waals surface area contributed by atoms with E-state index in [4.69, 9.17) is 0 Å². The molecule has 0 atom stereocenters. The average molecular weight is 289 g/mol. The zero-order chi connectivity index (χ0) is 14.8. The molecule has 112 valence electrons. The predicted octanol–water partition coefficient (Wildman–Crippen LogP) is 0.538. The lowest BCUT2D eigenvalue weighted by molar-refractivity contribution is -0.128. The zero-order valence-corrected chi connectivity index (χ0v) is 11.9. The molecule has 2 saturated heterocycles. The number of aromatic nitrogens is 1. The second-order valence-electron chi connectivity index (χ2n) is 5.66. The summed E-state index contributed by atoms with van der Waals surface area (Å²) in [6.07, 6.45) is 2.23. The lowest BCUT2D eigenvalue weighted by Crippen LogP contribution is -2.41. The molecule has 21 heavy (non-hydrogen) atoms. The number of H-pyrrole nitrogens is 1. The molecule has 0 spiro atoms. The van der Waals surface area contributed by atoms with Gasteiger partial charge in [0.1, 0.15) is 11.5 Å². The van der Waals surface area contributed by atoms with E-state index in [-0.39, 0.29) is 23.7 Å². The van der Waals surface area contributed by atoms with Crippen LogP contribution >= 0.6 is 0 Å². The van der Waals surface area contributed by atoms with E-state index in [1.54, 1.807) is 6.07 Å². The second-order valence-corrected chi connectivity index (χ2v) is 5.66. The van der Waals surface area contributed by atoms with Crippen molar-refractivity contribution >= 4 is 17.4 Å². The minimum absolute atomic E-state index is 0.0565. The fourth-order valence-electron chi connectivity index (χ4n) is 3.03. The Labute approximate surface area is 122 Å². The summed E-state index contributed by atoms with van der Waals surface area (Å²) in [4.78, 5) is 39.7. The Morgan fingerprint density at radius 2 is 1.86 bits per heavy atom. The molecule has 0 bridgehead atoms. The monoisotopic (exact) mass is 289 g/mol. The van der Waals surface area contributed by atoms with Crippen LogP contribution in [0.5, 0.6) is 0 Å². The van der Waals surface area contributed by atoms with Gasteiger partial charge in [-0.25, -0.2) is 0 Å². The van der Waals surface area contributed by atoms with Crippen molar-refractivity contribution < 1.29 is 9.59 Å². The number of piperidine rings is 2. The van der Waals surface area contributed by atoms with Crippen LogP contribution in [0.25, 0.3) is 0 Å². The van der Waals surface area contributed by atoms with Crippen LogP contribution in [0.3, 0.4) is 0 Å². The summed E-state index contributed by atoms with van der Waals surface area (Å²) in [7, 11) is 0. The van der Waals surface area contributed by atoms with Crippen molar-refractivity contribution in [1.29, 1.82) is 0 Å². The second kappa shape index (κ2) is 5.81. The standard InChI is InChI=1S/C15H19N3O3/c19-11-5-8-18(14(20)9-11)13-2-1-12(17-15(13)21)10-3-6-16-7-4-10/h1-2,10,16H,3-9H2,(H,17,21). The highest BCUT2D eigenvalue weighted by Crippen LogP contribution is 2.24. The van der Waals surface area contributed by atoms with Gasteiger partial charge in [0.25, 0.3) is 5.56 Å². The molecule has 2 aliphatic heterocycles. The number of carbonyl (C=O) groups excluding carboxylic acids is 2. The van der Waals surface area contributed by atoms with E-state index < -0.39 is 0 Å². The number of rotatable bonds is 2. The van der Waals surface area contributed by atoms with Gasteiger partial charge in [-0.1, -0.05) is 0 Å². The third-order valence-electron chi connectivity index (χ3n) is 4.24. The molecule has 0 radical (unpaired) electrons. The molecule has 2 fully saturated rings. The number of ketones is 1. The van der Waals surface area contributed by atoms with Crippen LogP contribution in [0.15, 0.2) is 16.9 Å². The normalized spacial score (nSPS) is 20.9. The number of anilines is 1. The number of nitrogens with zero attached hydrogens (tertiary/aromatic N) is 1. The number of hydrogen-bond acceptors (Lipinski definition) is 4. The Morgan fingerprint density at radius 1 is 1.10 bits per heavy atom. The van der Waals surface area contributed by atoms with Crippen molar-refractivity contribution in [3.63, 3.8) is 0 Å². The number of aromatic amines is 1. The summed E-state index contributed by atoms with van der Waals surface area (Å²) in [6.45, 7) is 2.22. The number of amides is 1. The van der Waals surface area contributed by atoms with Gasteiger partial charge in [-0.15, -0.1) is 0 Å². The van der Waals surface area contributed by atoms with E-state index in [1.807, 2.05) is 6.07 Å². The first-order valence-corrected chi connectivity index (χ1v) is 7.41. The first-order chi connectivity index (χ1) is 10.1. The molecule has 2 N–H and O–H groups in total. The maximum Gasteiger partial charge on any atom is 0.272 e. The smallest absolute Gasteiger partial charge is 0.272 e. The molecule has 0 aromatic carbocycles. The SMILES string of the molecule is O=C1CCN(c2ccc(C3CCNCC3)[nH]c2=O)C(=O)C1. The maximum atomic E-state index is 12.3. The minimum Gasteiger partial charge on any atom is -0.324 e. The molecule has 3 rings (SSSR count). The van der Waals surface area contributed by atoms with Crippen molar-refractivity contribution in [2.45, 2.75) is 31.6 Å². The molecule has 1 aromatic heterocycles. The Hall–Kier alpha value is -1.95. The Balaban J connectivity index is 1.82. The highest BCUT2D eigenvalue weighted by Gasteiger charge is 2.27. The van der Waals surface area contributed by atoms with Crippen molar-refractivity contribution in [3.05, 3.63) is 28.2 Å². The summed E-state index contributed by atoms with van der Waals surface area (Å²) in [6, 6.07) is 3.61. The molecule has 0 aliphatic carbocycles. The Kier molecular flexibility index (Phi) is 3.88. The molecule has 6 heteroatoms. The van der Waals surface area contributed by atoms with E-state index in [0.717, 1.165) is 31.6 Å². The molecule has 3 heterocycles. The number of carbonyl (C=O) groups is 2. The van der Waals surface area contributed by atoms with E-state index in [9.17, 15) is 14.4 Å². The number of nitrogens with one attached hydrogen (secondary N) is 2. The van der Waals surface area contributed by atoms with Crippen LogP contribution in [-0.2, 0) is 9.59 Å². The summed E-state index contributed by atoms with van der Waals surface area (Å²) < 4.78 is 0. The topological polar surface area (TPSA) is 82.3 Å². The van der Waals surface area contributed by atoms with Gasteiger partial charge in [0.05, 0.1) is 6.42 Å². The van der Waals surface area contributed by atoms with Gasteiger partial charge >= 0.3 is 0 Å². The number of pyridine rings is 1. The molecule has 1 amide bonds. The summed E-state index contributed by atoms with van der Waals surface area (Å²) in [5, 5.41) is 3.30. The van der Waals surface area contributed by atoms with E-state index in [2.05, 4.69) is 10.3 Å². The van der Waals surface area contributed by atoms with Gasteiger partial charge in [-0.3, -0.25) is 14.4 Å². The van der Waals surface area contributed by atoms with Gasteiger partial charge in [-0.2, -0.15) is 0 Å². The van der Waals surface area contributed by atoms with Crippen molar-refractivity contribution in [3.8, 4) is 0 Å². The molecule has 2 aliphatic rings. The first kappa shape index (κ1) is 14.0. The molecule has 0 saturated carbocycles. The highest BCUT2D eigenvalue weighted by molar-refractivity contribution is 6.08. The van der Waals surface area contributed by atoms with Gasteiger partial charge in [-0.05, 0) is 38.1 Å². The van der Waals surface area contributed by atoms with Crippen LogP contribution in [0.1, 0.15) is 37.3 Å². The molecular weight excluding hydrogens is 270 g/mol. The number of hydrogen-bond donors (Lipinski definition) is 2. The van der Waals surface area contributed by atoms with Crippen molar-refractivity contribution in [2.75, 3.05) is 24.5 Å². The first-order valence-electron chi connectivity index (χ1n) is 7.41. The third kappa shape index (κ3) is 2.90. The molecule has 1 aromatic rings. The summed E-state index contributed by atoms with van der Waals surface area (Å²) in [5.41, 5.74) is 1.05. The van der Waals surface area contributed by atoms with Gasteiger partial charge < -0.3 is 15.2 Å². The molecular formula is C15H19N3O3. The fraction of sp³-hybridized carbons (Fsp3) is 0.533. The fourth-order valence-corrected chi connectivity index (χ4v) is 3.03. The van der Waals surface area contributed by atoms with E-state index in [0.29, 0.717) is 24.6 Å². The molecule has 6 nitrogen and oxygen atoms in total. The van der Waals surface area contributed by atoms with E-state index >= 15 is 0 Å². The minimum atomic E-state index is -0.286. The van der Waals surface area contributed by atoms with Crippen LogP contribution in [-0.4, -0.2) is 36.3 Å². The van der Waals surface area contributed by atoms with Gasteiger partial charge in [0.15, 0.2) is 0 Å². The zero-order valence-electron chi connectivity index (χ0n) is 11.9. The van der Waals surface area contributed by atoms with Crippen LogP contribution < -0.4 is 15.8 Å². The maximum absolute atomic E-state index is 12.3. The number of Topliss-reactive ketones (excluding diaryl/α,β-unsaturated/α-hetero) is 1. The lowest BCUT2D eigenvalue weighted by atomic mass is 9.94. The highest BCUT2D eigenvalue weighted by atomic mass is 16.2. The van der Waals surface area contributed by atoms with Gasteiger partial charge in [0, 0.05) is 24.6 Å². The van der Waals surface area contributed by atoms with Gasteiger partial charge in [0.2, 0.25) is 5.91 Å². The Bertz CT molecular complexity index is 617. The summed E-state index contributed by atoms with van der Waals surface area (Å²) >= 11 is 0. The predicted molar refractivity (Wildman–Crippen MR) is 78.5 cm³/mol. The summed E-state index contributed by atoms with van der Waals surface area (Å²) in [5.74, 6) is 0.0250.